The van der Waals surface area contributed by atoms with Crippen LogP contribution in [0, 0.1) is 0 Å². The highest BCUT2D eigenvalue weighted by Crippen LogP contribution is 2.32. The first kappa shape index (κ1) is 17.1. The average Bonchev–Trinajstić information content (AvgIpc) is 2.73. The first-order chi connectivity index (χ1) is 10.5. The molecule has 2 rings (SSSR count). The van der Waals surface area contributed by atoms with Gasteiger partial charge in [0.2, 0.25) is 0 Å². The Morgan fingerprint density at radius 3 is 2.09 bits per heavy atom. The van der Waals surface area contributed by atoms with Crippen molar-refractivity contribution in [3.05, 3.63) is 24.3 Å². The lowest BCUT2D eigenvalue weighted by Crippen LogP contribution is -2.50. The summed E-state index contributed by atoms with van der Waals surface area (Å²) in [4.78, 5) is 2.08. The Morgan fingerprint density at radius 2 is 1.59 bits per heavy atom. The van der Waals surface area contributed by atoms with E-state index in [2.05, 4.69) is 4.90 Å². The van der Waals surface area contributed by atoms with Gasteiger partial charge in [-0.1, -0.05) is 25.7 Å². The summed E-state index contributed by atoms with van der Waals surface area (Å²) in [5.74, 6) is 1.59. The van der Waals surface area contributed by atoms with E-state index >= 15 is 0 Å². The van der Waals surface area contributed by atoms with E-state index in [1.54, 1.807) is 7.11 Å². The maximum atomic E-state index is 11.1. The van der Waals surface area contributed by atoms with E-state index in [1.807, 2.05) is 38.4 Å². The van der Waals surface area contributed by atoms with Crippen LogP contribution in [0.4, 0.5) is 0 Å². The normalized spacial score (nSPS) is 19.5. The molecule has 1 atom stereocenters. The molecule has 1 aromatic carbocycles. The maximum absolute atomic E-state index is 11.1. The zero-order chi connectivity index (χ0) is 16.0. The van der Waals surface area contributed by atoms with Crippen LogP contribution in [-0.4, -0.2) is 49.5 Å². The summed E-state index contributed by atoms with van der Waals surface area (Å²) < 4.78 is 11.4. The molecule has 22 heavy (non-hydrogen) atoms. The van der Waals surface area contributed by atoms with Crippen LogP contribution < -0.4 is 9.47 Å². The molecular weight excluding hydrogens is 278 g/mol. The third kappa shape index (κ3) is 4.62. The van der Waals surface area contributed by atoms with Crippen LogP contribution in [0.2, 0.25) is 0 Å². The number of hydrogen-bond donors (Lipinski definition) is 1. The molecule has 0 aromatic heterocycles. The minimum atomic E-state index is -0.735. The van der Waals surface area contributed by atoms with Gasteiger partial charge in [-0.05, 0) is 51.2 Å². The number of nitrogens with zero attached hydrogens (tertiary/aromatic N) is 1. The van der Waals surface area contributed by atoms with Crippen LogP contribution in [0.3, 0.4) is 0 Å². The van der Waals surface area contributed by atoms with Crippen molar-refractivity contribution in [2.75, 3.05) is 27.7 Å². The van der Waals surface area contributed by atoms with Gasteiger partial charge in [-0.3, -0.25) is 0 Å². The molecule has 0 saturated heterocycles. The average molecular weight is 307 g/mol. The molecule has 0 aliphatic heterocycles. The summed E-state index contributed by atoms with van der Waals surface area (Å²) in [5, 5.41) is 11.1. The fourth-order valence-electron chi connectivity index (χ4n) is 3.13. The fraction of sp³-hybridized carbons (Fsp3) is 0.667. The molecule has 1 saturated carbocycles. The molecule has 1 aliphatic rings. The van der Waals surface area contributed by atoms with Crippen molar-refractivity contribution in [2.24, 2.45) is 0 Å². The molecule has 1 N–H and O–H groups in total. The first-order valence-electron chi connectivity index (χ1n) is 8.21. The van der Waals surface area contributed by atoms with Crippen molar-refractivity contribution < 1.29 is 14.6 Å². The van der Waals surface area contributed by atoms with Crippen molar-refractivity contribution in [1.82, 2.24) is 4.90 Å². The quantitative estimate of drug-likeness (QED) is 0.820. The van der Waals surface area contributed by atoms with Crippen LogP contribution in [-0.2, 0) is 0 Å². The molecule has 4 nitrogen and oxygen atoms in total. The summed E-state index contributed by atoms with van der Waals surface area (Å²) in [5.41, 5.74) is -0.735. The largest absolute Gasteiger partial charge is 0.497 e. The monoisotopic (exact) mass is 307 g/mol. The summed E-state index contributed by atoms with van der Waals surface area (Å²) in [6, 6.07) is 7.58. The van der Waals surface area contributed by atoms with Crippen LogP contribution in [0.1, 0.15) is 38.5 Å². The molecule has 0 radical (unpaired) electrons. The number of aliphatic hydroxyl groups is 1. The minimum absolute atomic E-state index is 0.214. The summed E-state index contributed by atoms with van der Waals surface area (Å²) >= 11 is 0. The van der Waals surface area contributed by atoms with E-state index < -0.39 is 5.60 Å². The molecule has 0 amide bonds. The van der Waals surface area contributed by atoms with Crippen molar-refractivity contribution >= 4 is 0 Å². The lowest BCUT2D eigenvalue weighted by Gasteiger charge is -2.37. The maximum Gasteiger partial charge on any atom is 0.140 e. The van der Waals surface area contributed by atoms with Crippen molar-refractivity contribution in [3.8, 4) is 11.5 Å². The Hall–Kier alpha value is -1.26. The van der Waals surface area contributed by atoms with Gasteiger partial charge in [-0.2, -0.15) is 0 Å². The second-order valence-corrected chi connectivity index (χ2v) is 6.56. The van der Waals surface area contributed by atoms with Crippen LogP contribution >= 0.6 is 0 Å². The Balaban J connectivity index is 2.13. The van der Waals surface area contributed by atoms with Crippen molar-refractivity contribution in [2.45, 2.75) is 50.2 Å². The molecule has 1 unspecified atom stereocenters. The zero-order valence-electron chi connectivity index (χ0n) is 14.0. The minimum Gasteiger partial charge on any atom is -0.497 e. The lowest BCUT2D eigenvalue weighted by atomic mass is 9.88. The molecular formula is C18H29NO3. The molecule has 1 fully saturated rings. The first-order valence-corrected chi connectivity index (χ1v) is 8.21. The second kappa shape index (κ2) is 7.84. The van der Waals surface area contributed by atoms with Gasteiger partial charge >= 0.3 is 0 Å². The fourth-order valence-corrected chi connectivity index (χ4v) is 3.13. The van der Waals surface area contributed by atoms with E-state index in [0.717, 1.165) is 37.2 Å². The highest BCUT2D eigenvalue weighted by atomic mass is 16.5. The highest BCUT2D eigenvalue weighted by Gasteiger charge is 2.39. The van der Waals surface area contributed by atoms with E-state index in [9.17, 15) is 5.11 Å². The van der Waals surface area contributed by atoms with Gasteiger partial charge in [-0.15, -0.1) is 0 Å². The summed E-state index contributed by atoms with van der Waals surface area (Å²) in [7, 11) is 5.69. The number of methoxy groups -OCH3 is 1. The van der Waals surface area contributed by atoms with E-state index in [-0.39, 0.29) is 6.10 Å². The number of likely N-dealkylation sites (N-methyl/N-ethyl adjacent to an activating group) is 1. The third-order valence-corrected chi connectivity index (χ3v) is 4.44. The van der Waals surface area contributed by atoms with Gasteiger partial charge in [0.1, 0.15) is 23.2 Å². The van der Waals surface area contributed by atoms with E-state index in [0.29, 0.717) is 6.54 Å². The van der Waals surface area contributed by atoms with Crippen LogP contribution in [0.15, 0.2) is 24.3 Å². The Morgan fingerprint density at radius 1 is 1.05 bits per heavy atom. The molecule has 0 heterocycles. The predicted octanol–water partition coefficient (Wildman–Crippen LogP) is 3.09. The Labute approximate surface area is 134 Å². The SMILES string of the molecule is COc1ccc(OC(CN(C)C)C2(O)CCCCCC2)cc1. The molecule has 1 aromatic rings. The lowest BCUT2D eigenvalue weighted by molar-refractivity contribution is -0.0792. The Kier molecular flexibility index (Phi) is 6.09. The number of rotatable bonds is 6. The smallest absolute Gasteiger partial charge is 0.140 e. The Bertz CT molecular complexity index is 436. The molecule has 124 valence electrons. The van der Waals surface area contributed by atoms with Gasteiger partial charge in [0, 0.05) is 6.54 Å². The molecule has 1 aliphatic carbocycles. The van der Waals surface area contributed by atoms with Gasteiger partial charge in [0.25, 0.3) is 0 Å². The molecule has 0 bridgehead atoms. The number of ether oxygens (including phenoxy) is 2. The van der Waals surface area contributed by atoms with Gasteiger partial charge < -0.3 is 19.5 Å². The van der Waals surface area contributed by atoms with Crippen molar-refractivity contribution in [3.63, 3.8) is 0 Å². The molecule has 4 heteroatoms. The second-order valence-electron chi connectivity index (χ2n) is 6.56. The van der Waals surface area contributed by atoms with Gasteiger partial charge in [0.05, 0.1) is 7.11 Å². The summed E-state index contributed by atoms with van der Waals surface area (Å²) in [6.45, 7) is 0.711. The van der Waals surface area contributed by atoms with Crippen molar-refractivity contribution in [1.29, 1.82) is 0 Å². The molecule has 0 spiro atoms. The highest BCUT2D eigenvalue weighted by molar-refractivity contribution is 5.31. The summed E-state index contributed by atoms with van der Waals surface area (Å²) in [6.07, 6.45) is 6.00. The number of benzene rings is 1. The predicted molar refractivity (Wildman–Crippen MR) is 88.6 cm³/mol. The standard InChI is InChI=1S/C18H29NO3/c1-19(2)14-17(18(20)12-6-4-5-7-13-18)22-16-10-8-15(21-3)9-11-16/h8-11,17,20H,4-7,12-14H2,1-3H3. The van der Waals surface area contributed by atoms with Gasteiger partial charge in [0.15, 0.2) is 0 Å². The zero-order valence-corrected chi connectivity index (χ0v) is 14.0. The third-order valence-electron chi connectivity index (χ3n) is 4.44. The van der Waals surface area contributed by atoms with Crippen LogP contribution in [0.25, 0.3) is 0 Å². The number of hydrogen-bond acceptors (Lipinski definition) is 4. The van der Waals surface area contributed by atoms with Crippen LogP contribution in [0.5, 0.6) is 11.5 Å². The van der Waals surface area contributed by atoms with Gasteiger partial charge in [-0.25, -0.2) is 0 Å². The topological polar surface area (TPSA) is 41.9 Å². The van der Waals surface area contributed by atoms with E-state index in [1.165, 1.54) is 12.8 Å². The van der Waals surface area contributed by atoms with E-state index in [4.69, 9.17) is 9.47 Å².